The molecule has 0 aromatic rings. The average Bonchev–Trinajstić information content (AvgIpc) is 3.38. The largest absolute Gasteiger partial charge is 0.462 e. The van der Waals surface area contributed by atoms with Crippen molar-refractivity contribution in [2.75, 3.05) is 13.2 Å². The molecule has 0 heterocycles. The van der Waals surface area contributed by atoms with Crippen molar-refractivity contribution in [2.24, 2.45) is 0 Å². The highest BCUT2D eigenvalue weighted by atomic mass is 16.6. The fraction of sp³-hybridized carbons (Fsp3) is 0.742. The van der Waals surface area contributed by atoms with E-state index < -0.39 is 6.10 Å². The van der Waals surface area contributed by atoms with Crippen LogP contribution in [0, 0.1) is 0 Å². The molecular formula is C66H114O6. The molecule has 414 valence electrons. The summed E-state index contributed by atoms with van der Waals surface area (Å²) in [6.07, 6.45) is 78.8. The Balaban J connectivity index is 4.31. The molecule has 0 saturated heterocycles. The molecule has 6 nitrogen and oxygen atoms in total. The van der Waals surface area contributed by atoms with Gasteiger partial charge in [0, 0.05) is 19.3 Å². The van der Waals surface area contributed by atoms with Crippen LogP contribution in [0.2, 0.25) is 0 Å². The van der Waals surface area contributed by atoms with E-state index in [0.29, 0.717) is 19.3 Å². The molecule has 0 amide bonds. The lowest BCUT2D eigenvalue weighted by atomic mass is 10.0. The molecule has 0 bridgehead atoms. The molecule has 0 N–H and O–H groups in total. The van der Waals surface area contributed by atoms with E-state index in [1.165, 1.54) is 148 Å². The number of hydrogen-bond donors (Lipinski definition) is 0. The minimum absolute atomic E-state index is 0.0839. The van der Waals surface area contributed by atoms with Crippen molar-refractivity contribution < 1.29 is 28.6 Å². The van der Waals surface area contributed by atoms with E-state index in [2.05, 4.69) is 106 Å². The van der Waals surface area contributed by atoms with Gasteiger partial charge in [-0.25, -0.2) is 0 Å². The normalized spacial score (nSPS) is 12.7. The first kappa shape index (κ1) is 68.6. The van der Waals surface area contributed by atoms with Crippen LogP contribution in [0.5, 0.6) is 0 Å². The van der Waals surface area contributed by atoms with Crippen LogP contribution in [-0.2, 0) is 28.6 Å². The van der Waals surface area contributed by atoms with Gasteiger partial charge in [-0.15, -0.1) is 0 Å². The molecule has 72 heavy (non-hydrogen) atoms. The first-order valence-corrected chi connectivity index (χ1v) is 30.6. The van der Waals surface area contributed by atoms with Crippen LogP contribution in [0.25, 0.3) is 0 Å². The molecule has 0 aliphatic carbocycles. The van der Waals surface area contributed by atoms with Crippen molar-refractivity contribution in [3.05, 3.63) is 85.1 Å². The fourth-order valence-electron chi connectivity index (χ4n) is 8.60. The SMILES string of the molecule is CC/C=C\C/C=C\C/C=C\C/C=C\C/C=C\C/C=C\C/C=C\CCCCCC(=O)OCC(COC(=O)CCCCCCCCCCC)OC(=O)CCCCCCCCCCCCCCCCCCCCCC. The third-order valence-electron chi connectivity index (χ3n) is 13.2. The highest BCUT2D eigenvalue weighted by Gasteiger charge is 2.19. The van der Waals surface area contributed by atoms with Crippen LogP contribution in [0.4, 0.5) is 0 Å². The van der Waals surface area contributed by atoms with Gasteiger partial charge in [-0.1, -0.05) is 286 Å². The van der Waals surface area contributed by atoms with Crippen LogP contribution in [0.15, 0.2) is 85.1 Å². The van der Waals surface area contributed by atoms with Gasteiger partial charge in [-0.3, -0.25) is 14.4 Å². The Bertz CT molecular complexity index is 1380. The summed E-state index contributed by atoms with van der Waals surface area (Å²) >= 11 is 0. The number of unbranched alkanes of at least 4 members (excludes halogenated alkanes) is 30. The number of carbonyl (C=O) groups is 3. The predicted molar refractivity (Wildman–Crippen MR) is 311 cm³/mol. The van der Waals surface area contributed by atoms with Gasteiger partial charge in [0.05, 0.1) is 0 Å². The highest BCUT2D eigenvalue weighted by molar-refractivity contribution is 5.71. The number of hydrogen-bond acceptors (Lipinski definition) is 6. The van der Waals surface area contributed by atoms with Gasteiger partial charge in [-0.05, 0) is 77.0 Å². The standard InChI is InChI=1S/C66H114O6/c1-4-7-10-13-16-19-21-23-25-27-29-31-32-33-34-35-37-38-40-42-44-47-50-53-56-59-65(68)71-62-63(61-70-64(67)58-55-52-49-46-18-15-12-9-6-3)72-66(69)60-57-54-51-48-45-43-41-39-36-30-28-26-24-22-20-17-14-11-8-5-2/h7,10,16,19,23,25,29,31,33-34,37-38,42,44,63H,4-6,8-9,11-15,17-18,20-22,24,26-28,30,32,35-36,39-41,43,45-62H2,1-3H3/b10-7-,19-16-,25-23-,31-29-,34-33-,38-37-,44-42-. The third kappa shape index (κ3) is 57.5. The fourth-order valence-corrected chi connectivity index (χ4v) is 8.60. The van der Waals surface area contributed by atoms with Crippen LogP contribution in [-0.4, -0.2) is 37.2 Å². The van der Waals surface area contributed by atoms with E-state index >= 15 is 0 Å². The smallest absolute Gasteiger partial charge is 0.306 e. The van der Waals surface area contributed by atoms with Crippen molar-refractivity contribution in [3.63, 3.8) is 0 Å². The third-order valence-corrected chi connectivity index (χ3v) is 13.2. The molecule has 0 saturated carbocycles. The number of ether oxygens (including phenoxy) is 3. The summed E-state index contributed by atoms with van der Waals surface area (Å²) in [7, 11) is 0. The molecular weight excluding hydrogens is 889 g/mol. The molecule has 0 aliphatic rings. The summed E-state index contributed by atoms with van der Waals surface area (Å²) in [5.41, 5.74) is 0. The minimum atomic E-state index is -0.787. The Hall–Kier alpha value is -3.41. The number of esters is 3. The van der Waals surface area contributed by atoms with E-state index in [9.17, 15) is 14.4 Å². The van der Waals surface area contributed by atoms with E-state index in [4.69, 9.17) is 14.2 Å². The first-order chi connectivity index (χ1) is 35.5. The second kappa shape index (κ2) is 60.1. The Labute approximate surface area is 445 Å². The van der Waals surface area contributed by atoms with Crippen LogP contribution >= 0.6 is 0 Å². The highest BCUT2D eigenvalue weighted by Crippen LogP contribution is 2.17. The maximum Gasteiger partial charge on any atom is 0.306 e. The van der Waals surface area contributed by atoms with E-state index in [-0.39, 0.29) is 31.1 Å². The monoisotopic (exact) mass is 1000 g/mol. The Kier molecular flexibility index (Phi) is 57.3. The Morgan fingerprint density at radius 2 is 0.542 bits per heavy atom. The molecule has 0 aliphatic heterocycles. The van der Waals surface area contributed by atoms with Gasteiger partial charge in [-0.2, -0.15) is 0 Å². The number of carbonyl (C=O) groups excluding carboxylic acids is 3. The second-order valence-corrected chi connectivity index (χ2v) is 20.2. The molecule has 0 aromatic carbocycles. The van der Waals surface area contributed by atoms with Crippen molar-refractivity contribution in [1.82, 2.24) is 0 Å². The zero-order chi connectivity index (χ0) is 52.2. The van der Waals surface area contributed by atoms with Gasteiger partial charge in [0.1, 0.15) is 13.2 Å². The van der Waals surface area contributed by atoms with Crippen molar-refractivity contribution in [2.45, 2.75) is 303 Å². The maximum atomic E-state index is 12.9. The summed E-state index contributed by atoms with van der Waals surface area (Å²) in [6.45, 7) is 6.51. The second-order valence-electron chi connectivity index (χ2n) is 20.2. The van der Waals surface area contributed by atoms with Crippen molar-refractivity contribution in [3.8, 4) is 0 Å². The quantitative estimate of drug-likeness (QED) is 0.0261. The van der Waals surface area contributed by atoms with Crippen LogP contribution in [0.1, 0.15) is 297 Å². The molecule has 6 heteroatoms. The van der Waals surface area contributed by atoms with E-state index in [0.717, 1.165) is 109 Å². The molecule has 0 radical (unpaired) electrons. The molecule has 0 rings (SSSR count). The lowest BCUT2D eigenvalue weighted by Gasteiger charge is -2.18. The topological polar surface area (TPSA) is 78.9 Å². The Morgan fingerprint density at radius 1 is 0.292 bits per heavy atom. The summed E-state index contributed by atoms with van der Waals surface area (Å²) < 4.78 is 16.8. The van der Waals surface area contributed by atoms with E-state index in [1.807, 2.05) is 0 Å². The van der Waals surface area contributed by atoms with Crippen LogP contribution in [0.3, 0.4) is 0 Å². The van der Waals surface area contributed by atoms with Gasteiger partial charge in [0.25, 0.3) is 0 Å². The molecule has 0 aromatic heterocycles. The molecule has 1 atom stereocenters. The van der Waals surface area contributed by atoms with E-state index in [1.54, 1.807) is 0 Å². The summed E-state index contributed by atoms with van der Waals surface area (Å²) in [6, 6.07) is 0. The van der Waals surface area contributed by atoms with Crippen molar-refractivity contribution in [1.29, 1.82) is 0 Å². The van der Waals surface area contributed by atoms with Gasteiger partial charge >= 0.3 is 17.9 Å². The number of rotatable bonds is 55. The number of allylic oxidation sites excluding steroid dienone is 14. The van der Waals surface area contributed by atoms with Crippen molar-refractivity contribution >= 4 is 17.9 Å². The lowest BCUT2D eigenvalue weighted by molar-refractivity contribution is -0.167. The van der Waals surface area contributed by atoms with Gasteiger partial charge in [0.2, 0.25) is 0 Å². The van der Waals surface area contributed by atoms with Gasteiger partial charge in [0.15, 0.2) is 6.10 Å². The predicted octanol–water partition coefficient (Wildman–Crippen LogP) is 20.7. The minimum Gasteiger partial charge on any atom is -0.462 e. The van der Waals surface area contributed by atoms with Crippen LogP contribution < -0.4 is 0 Å². The molecule has 0 fully saturated rings. The average molecular weight is 1000 g/mol. The zero-order valence-corrected chi connectivity index (χ0v) is 47.4. The first-order valence-electron chi connectivity index (χ1n) is 30.6. The lowest BCUT2D eigenvalue weighted by Crippen LogP contribution is -2.30. The summed E-state index contributed by atoms with van der Waals surface area (Å²) in [5, 5.41) is 0. The summed E-state index contributed by atoms with van der Waals surface area (Å²) in [5.74, 6) is -0.910. The van der Waals surface area contributed by atoms with Gasteiger partial charge < -0.3 is 14.2 Å². The Morgan fingerprint density at radius 3 is 0.847 bits per heavy atom. The maximum absolute atomic E-state index is 12.9. The molecule has 1 unspecified atom stereocenters. The summed E-state index contributed by atoms with van der Waals surface area (Å²) in [4.78, 5) is 38.1. The molecule has 0 spiro atoms. The zero-order valence-electron chi connectivity index (χ0n) is 47.4.